The summed E-state index contributed by atoms with van der Waals surface area (Å²) in [6, 6.07) is 12.3. The number of rotatable bonds is 6. The fraction of sp³-hybridized carbons (Fsp3) is 0.118. The van der Waals surface area contributed by atoms with E-state index in [1.807, 2.05) is 24.3 Å². The van der Waals surface area contributed by atoms with E-state index >= 15 is 0 Å². The first-order chi connectivity index (χ1) is 12.5. The Balaban J connectivity index is 1.54. The molecule has 0 unspecified atom stereocenters. The number of nitrogens with one attached hydrogen (secondary N) is 1. The lowest BCUT2D eigenvalue weighted by Gasteiger charge is -2.07. The van der Waals surface area contributed by atoms with Gasteiger partial charge in [0.25, 0.3) is 5.91 Å². The highest BCUT2D eigenvalue weighted by molar-refractivity contribution is 7.15. The van der Waals surface area contributed by atoms with Crippen molar-refractivity contribution in [1.82, 2.24) is 10.2 Å². The predicted molar refractivity (Wildman–Crippen MR) is 105 cm³/mol. The van der Waals surface area contributed by atoms with Gasteiger partial charge in [-0.1, -0.05) is 58.3 Å². The summed E-state index contributed by atoms with van der Waals surface area (Å²) in [6.07, 6.45) is 0.610. The van der Waals surface area contributed by atoms with Crippen molar-refractivity contribution in [3.63, 3.8) is 0 Å². The molecule has 0 fully saturated rings. The van der Waals surface area contributed by atoms with E-state index in [0.29, 0.717) is 32.4 Å². The lowest BCUT2D eigenvalue weighted by Crippen LogP contribution is -2.20. The molecular formula is C17H12Cl3N3O2S. The molecule has 1 heterocycles. The third-order valence-corrected chi connectivity index (χ3v) is 4.87. The Morgan fingerprint density at radius 2 is 1.77 bits per heavy atom. The lowest BCUT2D eigenvalue weighted by molar-refractivity contribution is -0.118. The van der Waals surface area contributed by atoms with Crippen molar-refractivity contribution in [2.45, 2.75) is 6.42 Å². The van der Waals surface area contributed by atoms with E-state index in [4.69, 9.17) is 39.5 Å². The van der Waals surface area contributed by atoms with E-state index in [1.54, 1.807) is 18.2 Å². The molecule has 9 heteroatoms. The van der Waals surface area contributed by atoms with Crippen molar-refractivity contribution in [3.8, 4) is 5.75 Å². The minimum Gasteiger partial charge on any atom is -0.482 e. The number of hydrogen-bond donors (Lipinski definition) is 1. The molecule has 3 aromatic rings. The van der Waals surface area contributed by atoms with E-state index in [1.165, 1.54) is 11.3 Å². The Morgan fingerprint density at radius 1 is 1.04 bits per heavy atom. The Labute approximate surface area is 168 Å². The molecule has 0 saturated carbocycles. The third-order valence-electron chi connectivity index (χ3n) is 3.23. The van der Waals surface area contributed by atoms with Gasteiger partial charge >= 0.3 is 0 Å². The maximum atomic E-state index is 12.0. The molecule has 0 atom stereocenters. The number of anilines is 1. The second-order valence-electron chi connectivity index (χ2n) is 5.22. The van der Waals surface area contributed by atoms with Crippen LogP contribution in [-0.2, 0) is 11.2 Å². The van der Waals surface area contributed by atoms with Gasteiger partial charge < -0.3 is 4.74 Å². The zero-order chi connectivity index (χ0) is 18.5. The SMILES string of the molecule is O=C(COc1cc(Cl)ccc1Cl)Nc1nnc(Cc2ccc(Cl)cc2)s1. The molecule has 3 rings (SSSR count). The lowest BCUT2D eigenvalue weighted by atomic mass is 10.2. The first kappa shape index (κ1) is 18.9. The van der Waals surface area contributed by atoms with Gasteiger partial charge in [-0.25, -0.2) is 0 Å². The number of halogens is 3. The average Bonchev–Trinajstić information content (AvgIpc) is 3.04. The quantitative estimate of drug-likeness (QED) is 0.593. The summed E-state index contributed by atoms with van der Waals surface area (Å²) in [5.74, 6) is -0.0229. The molecule has 2 aromatic carbocycles. The number of ether oxygens (including phenoxy) is 1. The number of aromatic nitrogens is 2. The number of amides is 1. The van der Waals surface area contributed by atoms with Crippen LogP contribution >= 0.6 is 46.1 Å². The molecule has 5 nitrogen and oxygen atoms in total. The highest BCUT2D eigenvalue weighted by Crippen LogP contribution is 2.27. The molecule has 0 radical (unpaired) electrons. The Bertz CT molecular complexity index is 916. The van der Waals surface area contributed by atoms with Gasteiger partial charge in [-0.15, -0.1) is 10.2 Å². The topological polar surface area (TPSA) is 64.1 Å². The second kappa shape index (κ2) is 8.68. The summed E-state index contributed by atoms with van der Waals surface area (Å²) in [7, 11) is 0. The first-order valence-electron chi connectivity index (χ1n) is 7.44. The summed E-state index contributed by atoms with van der Waals surface area (Å²) in [6.45, 7) is -0.216. The number of hydrogen-bond acceptors (Lipinski definition) is 5. The minimum absolute atomic E-state index is 0.216. The second-order valence-corrected chi connectivity index (χ2v) is 7.56. The molecule has 0 aliphatic carbocycles. The van der Waals surface area contributed by atoms with Gasteiger partial charge in [-0.2, -0.15) is 0 Å². The highest BCUT2D eigenvalue weighted by Gasteiger charge is 2.11. The van der Waals surface area contributed by atoms with Gasteiger partial charge in [-0.3, -0.25) is 10.1 Å². The highest BCUT2D eigenvalue weighted by atomic mass is 35.5. The third kappa shape index (κ3) is 5.32. The number of nitrogens with zero attached hydrogens (tertiary/aromatic N) is 2. The van der Waals surface area contributed by atoms with Crippen molar-refractivity contribution in [2.75, 3.05) is 11.9 Å². The molecule has 134 valence electrons. The average molecular weight is 429 g/mol. The predicted octanol–water partition coefficient (Wildman–Crippen LogP) is 5.11. The summed E-state index contributed by atoms with van der Waals surface area (Å²) < 4.78 is 5.38. The van der Waals surface area contributed by atoms with E-state index in [0.717, 1.165) is 10.6 Å². The summed E-state index contributed by atoms with van der Waals surface area (Å²) in [5, 5.41) is 13.4. The van der Waals surface area contributed by atoms with E-state index in [-0.39, 0.29) is 12.5 Å². The van der Waals surface area contributed by atoms with Crippen LogP contribution in [0.5, 0.6) is 5.75 Å². The van der Waals surface area contributed by atoms with Crippen LogP contribution in [0.25, 0.3) is 0 Å². The van der Waals surface area contributed by atoms with Crippen molar-refractivity contribution in [2.24, 2.45) is 0 Å². The van der Waals surface area contributed by atoms with E-state index in [2.05, 4.69) is 15.5 Å². The van der Waals surface area contributed by atoms with Crippen LogP contribution in [0.2, 0.25) is 15.1 Å². The molecule has 0 aliphatic heterocycles. The first-order valence-corrected chi connectivity index (χ1v) is 9.39. The zero-order valence-electron chi connectivity index (χ0n) is 13.2. The van der Waals surface area contributed by atoms with Gasteiger partial charge in [0.05, 0.1) is 5.02 Å². The molecular weight excluding hydrogens is 417 g/mol. The van der Waals surface area contributed by atoms with Crippen molar-refractivity contribution < 1.29 is 9.53 Å². The minimum atomic E-state index is -0.366. The van der Waals surface area contributed by atoms with E-state index in [9.17, 15) is 4.79 Å². The van der Waals surface area contributed by atoms with Gasteiger partial charge in [0.15, 0.2) is 6.61 Å². The van der Waals surface area contributed by atoms with Gasteiger partial charge in [0.2, 0.25) is 5.13 Å². The van der Waals surface area contributed by atoms with Crippen LogP contribution in [0.1, 0.15) is 10.6 Å². The fourth-order valence-corrected chi connectivity index (χ4v) is 3.29. The standard InChI is InChI=1S/C17H12Cl3N3O2S/c18-11-3-1-10(2-4-11)7-16-22-23-17(26-16)21-15(24)9-25-14-8-12(19)5-6-13(14)20/h1-6,8H,7,9H2,(H,21,23,24). The molecule has 0 spiro atoms. The van der Waals surface area contributed by atoms with Gasteiger partial charge in [-0.05, 0) is 29.8 Å². The van der Waals surface area contributed by atoms with Gasteiger partial charge in [0, 0.05) is 22.5 Å². The Morgan fingerprint density at radius 3 is 2.54 bits per heavy atom. The maximum Gasteiger partial charge on any atom is 0.264 e. The summed E-state index contributed by atoms with van der Waals surface area (Å²) >= 11 is 19.0. The summed E-state index contributed by atoms with van der Waals surface area (Å²) in [4.78, 5) is 12.0. The number of carbonyl (C=O) groups excluding carboxylic acids is 1. The largest absolute Gasteiger partial charge is 0.482 e. The molecule has 0 aliphatic rings. The van der Waals surface area contributed by atoms with Crippen LogP contribution in [0.4, 0.5) is 5.13 Å². The van der Waals surface area contributed by atoms with Crippen molar-refractivity contribution >= 4 is 57.2 Å². The van der Waals surface area contributed by atoms with Crippen molar-refractivity contribution in [3.05, 3.63) is 68.1 Å². The summed E-state index contributed by atoms with van der Waals surface area (Å²) in [5.41, 5.74) is 1.06. The van der Waals surface area contributed by atoms with Gasteiger partial charge in [0.1, 0.15) is 10.8 Å². The molecule has 1 N–H and O–H groups in total. The zero-order valence-corrected chi connectivity index (χ0v) is 16.3. The van der Waals surface area contributed by atoms with E-state index < -0.39 is 0 Å². The molecule has 26 heavy (non-hydrogen) atoms. The molecule has 1 amide bonds. The van der Waals surface area contributed by atoms with Crippen LogP contribution < -0.4 is 10.1 Å². The normalized spacial score (nSPS) is 10.6. The number of benzene rings is 2. The van der Waals surface area contributed by atoms with Crippen LogP contribution in [0.3, 0.4) is 0 Å². The Kier molecular flexibility index (Phi) is 6.32. The fourth-order valence-electron chi connectivity index (χ4n) is 2.04. The monoisotopic (exact) mass is 427 g/mol. The maximum absolute atomic E-state index is 12.0. The Hall–Kier alpha value is -1.86. The smallest absolute Gasteiger partial charge is 0.264 e. The van der Waals surface area contributed by atoms with Crippen LogP contribution in [0.15, 0.2) is 42.5 Å². The molecule has 0 bridgehead atoms. The van der Waals surface area contributed by atoms with Crippen molar-refractivity contribution in [1.29, 1.82) is 0 Å². The number of carbonyl (C=O) groups is 1. The van der Waals surface area contributed by atoms with Crippen LogP contribution in [-0.4, -0.2) is 22.7 Å². The molecule has 0 saturated heterocycles. The molecule has 1 aromatic heterocycles. The van der Waals surface area contributed by atoms with Crippen LogP contribution in [0, 0.1) is 0 Å².